The van der Waals surface area contributed by atoms with E-state index in [1.54, 1.807) is 25.3 Å². The minimum absolute atomic E-state index is 0.304. The first-order valence-corrected chi connectivity index (χ1v) is 4.31. The summed E-state index contributed by atoms with van der Waals surface area (Å²) in [4.78, 5) is 11.3. The third kappa shape index (κ3) is 1.33. The van der Waals surface area contributed by atoms with Gasteiger partial charge in [-0.15, -0.1) is 0 Å². The lowest BCUT2D eigenvalue weighted by atomic mass is 10.0. The molecule has 1 unspecified atom stereocenters. The molecule has 0 aliphatic carbocycles. The molecule has 1 aromatic carbocycles. The van der Waals surface area contributed by atoms with Crippen LogP contribution in [0.4, 0.5) is 5.69 Å². The van der Waals surface area contributed by atoms with Crippen LogP contribution in [0.3, 0.4) is 0 Å². The van der Waals surface area contributed by atoms with Gasteiger partial charge in [-0.2, -0.15) is 0 Å². The van der Waals surface area contributed by atoms with Crippen molar-refractivity contribution in [3.63, 3.8) is 0 Å². The molecule has 1 atom stereocenters. The van der Waals surface area contributed by atoms with E-state index in [-0.39, 0.29) is 12.1 Å². The number of hydrogen-bond donors (Lipinski definition) is 1. The Morgan fingerprint density at radius 1 is 1.57 bits per heavy atom. The van der Waals surface area contributed by atoms with Crippen LogP contribution >= 0.6 is 0 Å². The maximum Gasteiger partial charge on any atom is 0.339 e. The SMILES string of the molecule is COCC1OC(=O)c2ccc(N)cc21. The molecule has 74 valence electrons. The maximum absolute atomic E-state index is 11.3. The Bertz CT molecular complexity index is 376. The molecular weight excluding hydrogens is 182 g/mol. The van der Waals surface area contributed by atoms with Gasteiger partial charge in [0.25, 0.3) is 0 Å². The first-order chi connectivity index (χ1) is 6.72. The topological polar surface area (TPSA) is 61.5 Å². The summed E-state index contributed by atoms with van der Waals surface area (Å²) in [6, 6.07) is 5.13. The van der Waals surface area contributed by atoms with E-state index in [2.05, 4.69) is 0 Å². The van der Waals surface area contributed by atoms with Gasteiger partial charge in [0.05, 0.1) is 12.2 Å². The lowest BCUT2D eigenvalue weighted by molar-refractivity contribution is 0.0152. The standard InChI is InChI=1S/C10H11NO3/c1-13-5-9-8-4-6(11)2-3-7(8)10(12)14-9/h2-4,9H,5,11H2,1H3. The number of rotatable bonds is 2. The van der Waals surface area contributed by atoms with Crippen molar-refractivity contribution < 1.29 is 14.3 Å². The van der Waals surface area contributed by atoms with Crippen LogP contribution < -0.4 is 5.73 Å². The van der Waals surface area contributed by atoms with Crippen molar-refractivity contribution in [2.45, 2.75) is 6.10 Å². The number of esters is 1. The van der Waals surface area contributed by atoms with E-state index in [0.717, 1.165) is 5.56 Å². The number of cyclic esters (lactones) is 1. The molecule has 0 aromatic heterocycles. The quantitative estimate of drug-likeness (QED) is 0.565. The van der Waals surface area contributed by atoms with Gasteiger partial charge in [0.15, 0.2) is 6.10 Å². The lowest BCUT2D eigenvalue weighted by Crippen LogP contribution is -2.05. The van der Waals surface area contributed by atoms with Crippen LogP contribution in [-0.4, -0.2) is 19.7 Å². The van der Waals surface area contributed by atoms with Gasteiger partial charge in [-0.3, -0.25) is 0 Å². The number of hydrogen-bond acceptors (Lipinski definition) is 4. The normalized spacial score (nSPS) is 19.2. The van der Waals surface area contributed by atoms with Gasteiger partial charge in [0.2, 0.25) is 0 Å². The third-order valence-electron chi connectivity index (χ3n) is 2.21. The van der Waals surface area contributed by atoms with Gasteiger partial charge >= 0.3 is 5.97 Å². The van der Waals surface area contributed by atoms with Gasteiger partial charge in [-0.05, 0) is 18.2 Å². The van der Waals surface area contributed by atoms with Gasteiger partial charge in [-0.1, -0.05) is 0 Å². The molecular formula is C10H11NO3. The molecule has 14 heavy (non-hydrogen) atoms. The Labute approximate surface area is 81.6 Å². The van der Waals surface area contributed by atoms with Crippen LogP contribution in [0.15, 0.2) is 18.2 Å². The third-order valence-corrected chi connectivity index (χ3v) is 2.21. The minimum atomic E-state index is -0.314. The van der Waals surface area contributed by atoms with Crippen molar-refractivity contribution in [1.82, 2.24) is 0 Å². The lowest BCUT2D eigenvalue weighted by Gasteiger charge is -2.08. The van der Waals surface area contributed by atoms with E-state index >= 15 is 0 Å². The Morgan fingerprint density at radius 3 is 3.07 bits per heavy atom. The predicted molar refractivity (Wildman–Crippen MR) is 50.9 cm³/mol. The summed E-state index contributed by atoms with van der Waals surface area (Å²) in [5.74, 6) is -0.304. The van der Waals surface area contributed by atoms with Crippen LogP contribution in [0.5, 0.6) is 0 Å². The molecule has 1 aromatic rings. The first kappa shape index (κ1) is 9.02. The number of nitrogen functional groups attached to an aromatic ring is 1. The second-order valence-electron chi connectivity index (χ2n) is 3.20. The monoisotopic (exact) mass is 193 g/mol. The Kier molecular flexibility index (Phi) is 2.13. The van der Waals surface area contributed by atoms with Crippen molar-refractivity contribution in [3.05, 3.63) is 29.3 Å². The van der Waals surface area contributed by atoms with Crippen LogP contribution in [-0.2, 0) is 9.47 Å². The van der Waals surface area contributed by atoms with Crippen molar-refractivity contribution in [3.8, 4) is 0 Å². The number of carbonyl (C=O) groups is 1. The zero-order valence-electron chi connectivity index (χ0n) is 7.82. The highest BCUT2D eigenvalue weighted by molar-refractivity contribution is 5.94. The molecule has 4 nitrogen and oxygen atoms in total. The average molecular weight is 193 g/mol. The molecule has 1 aliphatic heterocycles. The number of benzene rings is 1. The fraction of sp³-hybridized carbons (Fsp3) is 0.300. The fourth-order valence-electron chi connectivity index (χ4n) is 1.56. The number of ether oxygens (including phenoxy) is 2. The van der Waals surface area contributed by atoms with E-state index < -0.39 is 0 Å². The fourth-order valence-corrected chi connectivity index (χ4v) is 1.56. The van der Waals surface area contributed by atoms with Crippen LogP contribution in [0, 0.1) is 0 Å². The molecule has 2 N–H and O–H groups in total. The number of nitrogens with two attached hydrogens (primary N) is 1. The Balaban J connectivity index is 2.40. The average Bonchev–Trinajstić information content (AvgIpc) is 2.44. The Morgan fingerprint density at radius 2 is 2.36 bits per heavy atom. The van der Waals surface area contributed by atoms with Gasteiger partial charge < -0.3 is 15.2 Å². The highest BCUT2D eigenvalue weighted by Crippen LogP contribution is 2.31. The van der Waals surface area contributed by atoms with Crippen molar-refractivity contribution in [1.29, 1.82) is 0 Å². The summed E-state index contributed by atoms with van der Waals surface area (Å²) in [6.07, 6.45) is -0.314. The molecule has 0 saturated heterocycles. The zero-order chi connectivity index (χ0) is 10.1. The van der Waals surface area contributed by atoms with Gasteiger partial charge in [0.1, 0.15) is 0 Å². The molecule has 0 saturated carbocycles. The van der Waals surface area contributed by atoms with Crippen LogP contribution in [0.25, 0.3) is 0 Å². The van der Waals surface area contributed by atoms with E-state index in [1.807, 2.05) is 0 Å². The molecule has 4 heteroatoms. The second-order valence-corrected chi connectivity index (χ2v) is 3.20. The molecule has 0 bridgehead atoms. The summed E-state index contributed by atoms with van der Waals surface area (Å²) >= 11 is 0. The van der Waals surface area contributed by atoms with E-state index in [1.165, 1.54) is 0 Å². The van der Waals surface area contributed by atoms with E-state index in [0.29, 0.717) is 17.9 Å². The molecule has 0 spiro atoms. The second kappa shape index (κ2) is 3.31. The number of carbonyl (C=O) groups excluding carboxylic acids is 1. The van der Waals surface area contributed by atoms with Crippen molar-refractivity contribution >= 4 is 11.7 Å². The molecule has 0 fully saturated rings. The number of methoxy groups -OCH3 is 1. The number of fused-ring (bicyclic) bond motifs is 1. The highest BCUT2D eigenvalue weighted by atomic mass is 16.6. The van der Waals surface area contributed by atoms with Crippen molar-refractivity contribution in [2.24, 2.45) is 0 Å². The molecule has 0 radical (unpaired) electrons. The van der Waals surface area contributed by atoms with Gasteiger partial charge in [-0.25, -0.2) is 4.79 Å². The Hall–Kier alpha value is -1.55. The zero-order valence-corrected chi connectivity index (χ0v) is 7.82. The first-order valence-electron chi connectivity index (χ1n) is 4.31. The largest absolute Gasteiger partial charge is 0.451 e. The van der Waals surface area contributed by atoms with Gasteiger partial charge in [0, 0.05) is 18.4 Å². The highest BCUT2D eigenvalue weighted by Gasteiger charge is 2.30. The predicted octanol–water partition coefficient (Wildman–Crippen LogP) is 1.13. The minimum Gasteiger partial charge on any atom is -0.451 e. The smallest absolute Gasteiger partial charge is 0.339 e. The van der Waals surface area contributed by atoms with Crippen molar-refractivity contribution in [2.75, 3.05) is 19.5 Å². The maximum atomic E-state index is 11.3. The summed E-state index contributed by atoms with van der Waals surface area (Å²) in [6.45, 7) is 0.363. The van der Waals surface area contributed by atoms with E-state index in [9.17, 15) is 4.79 Å². The molecule has 0 amide bonds. The number of anilines is 1. The summed E-state index contributed by atoms with van der Waals surface area (Å²) in [5.41, 5.74) is 7.66. The summed E-state index contributed by atoms with van der Waals surface area (Å²) < 4.78 is 10.1. The van der Waals surface area contributed by atoms with Crippen LogP contribution in [0.1, 0.15) is 22.0 Å². The summed E-state index contributed by atoms with van der Waals surface area (Å²) in [5, 5.41) is 0. The van der Waals surface area contributed by atoms with Crippen LogP contribution in [0.2, 0.25) is 0 Å². The molecule has 2 rings (SSSR count). The van der Waals surface area contributed by atoms with E-state index in [4.69, 9.17) is 15.2 Å². The molecule has 1 aliphatic rings. The summed E-state index contributed by atoms with van der Waals surface area (Å²) in [7, 11) is 1.57. The molecule has 1 heterocycles.